The van der Waals surface area contributed by atoms with Crippen LogP contribution in [0.4, 0.5) is 11.4 Å². The molecule has 34 heavy (non-hydrogen) atoms. The quantitative estimate of drug-likeness (QED) is 0.337. The Labute approximate surface area is 202 Å². The van der Waals surface area contributed by atoms with Crippen LogP contribution in [0.5, 0.6) is 0 Å². The molecule has 4 rings (SSSR count). The molecule has 2 aromatic carbocycles. The van der Waals surface area contributed by atoms with E-state index in [1.54, 1.807) is 28.9 Å². The van der Waals surface area contributed by atoms with Crippen LogP contribution in [0.2, 0.25) is 5.02 Å². The summed E-state index contributed by atoms with van der Waals surface area (Å²) in [7, 11) is -2.01. The average molecular weight is 506 g/mol. The van der Waals surface area contributed by atoms with Crippen LogP contribution in [0.15, 0.2) is 47.4 Å². The van der Waals surface area contributed by atoms with Gasteiger partial charge in [-0.2, -0.15) is 5.10 Å². The van der Waals surface area contributed by atoms with Crippen molar-refractivity contribution in [2.45, 2.75) is 30.9 Å². The first-order chi connectivity index (χ1) is 16.2. The Morgan fingerprint density at radius 3 is 2.71 bits per heavy atom. The fraction of sp³-hybridized carbons (Fsp3) is 0.318. The number of sulfonamides is 1. The van der Waals surface area contributed by atoms with Gasteiger partial charge in [0.15, 0.2) is 0 Å². The number of anilines is 1. The molecule has 10 nitrogen and oxygen atoms in total. The zero-order valence-electron chi connectivity index (χ0n) is 18.5. The van der Waals surface area contributed by atoms with Crippen LogP contribution >= 0.6 is 11.6 Å². The number of nitrogens with zero attached hydrogens (tertiary/aromatic N) is 3. The summed E-state index contributed by atoms with van der Waals surface area (Å²) in [4.78, 5) is 10.3. The van der Waals surface area contributed by atoms with Crippen molar-refractivity contribution >= 4 is 33.0 Å². The maximum Gasteiger partial charge on any atom is 0.269 e. The van der Waals surface area contributed by atoms with Crippen LogP contribution in [0.3, 0.4) is 0 Å². The van der Waals surface area contributed by atoms with E-state index >= 15 is 0 Å². The summed E-state index contributed by atoms with van der Waals surface area (Å²) in [5, 5.41) is 18.4. The van der Waals surface area contributed by atoms with Gasteiger partial charge in [-0.3, -0.25) is 14.8 Å². The number of non-ortho nitro benzene ring substituents is 1. The van der Waals surface area contributed by atoms with Crippen molar-refractivity contribution in [3.63, 3.8) is 0 Å². The van der Waals surface area contributed by atoms with Crippen LogP contribution in [0, 0.1) is 10.1 Å². The topological polar surface area (TPSA) is 128 Å². The molecular formula is C22H24ClN5O5S. The molecule has 1 aliphatic heterocycles. The minimum atomic E-state index is -3.85. The molecule has 0 spiro atoms. The Bertz CT molecular complexity index is 1310. The average Bonchev–Trinajstić information content (AvgIpc) is 3.14. The Kier molecular flexibility index (Phi) is 7.17. The SMILES string of the molecule is Cn1nc(CNS(=O)(=O)c2ccc(NCCc3ccc([N+](=O)[O-])cc3)cc2Cl)c2c1CCOC2. The molecule has 0 amide bonds. The molecule has 0 radical (unpaired) electrons. The molecule has 0 saturated carbocycles. The number of ether oxygens (including phenoxy) is 1. The molecular weight excluding hydrogens is 482 g/mol. The van der Waals surface area contributed by atoms with E-state index in [1.165, 1.54) is 18.2 Å². The zero-order chi connectivity index (χ0) is 24.3. The maximum atomic E-state index is 12.9. The van der Waals surface area contributed by atoms with E-state index < -0.39 is 14.9 Å². The number of halogens is 1. The fourth-order valence-electron chi connectivity index (χ4n) is 3.83. The van der Waals surface area contributed by atoms with Gasteiger partial charge in [0.25, 0.3) is 5.69 Å². The number of benzene rings is 2. The number of nitro groups is 1. The lowest BCUT2D eigenvalue weighted by molar-refractivity contribution is -0.384. The number of aromatic nitrogens is 2. The number of hydrogen-bond donors (Lipinski definition) is 2. The van der Waals surface area contributed by atoms with Gasteiger partial charge in [-0.15, -0.1) is 0 Å². The minimum Gasteiger partial charge on any atom is -0.385 e. The highest BCUT2D eigenvalue weighted by Gasteiger charge is 2.23. The third-order valence-electron chi connectivity index (χ3n) is 5.63. The Morgan fingerprint density at radius 1 is 1.24 bits per heavy atom. The Morgan fingerprint density at radius 2 is 2.00 bits per heavy atom. The monoisotopic (exact) mass is 505 g/mol. The lowest BCUT2D eigenvalue weighted by Gasteiger charge is -2.14. The second-order valence-corrected chi connectivity index (χ2v) is 10.0. The third-order valence-corrected chi connectivity index (χ3v) is 7.51. The van der Waals surface area contributed by atoms with Gasteiger partial charge in [0.2, 0.25) is 10.0 Å². The van der Waals surface area contributed by atoms with E-state index in [2.05, 4.69) is 15.1 Å². The first-order valence-corrected chi connectivity index (χ1v) is 12.5. The predicted octanol–water partition coefficient (Wildman–Crippen LogP) is 3.19. The molecule has 2 N–H and O–H groups in total. The molecule has 0 atom stereocenters. The van der Waals surface area contributed by atoms with E-state index in [0.717, 1.165) is 23.2 Å². The number of fused-ring (bicyclic) bond motifs is 1. The first kappa shape index (κ1) is 24.1. The van der Waals surface area contributed by atoms with Crippen molar-refractivity contribution in [3.8, 4) is 0 Å². The number of nitrogens with one attached hydrogen (secondary N) is 2. The van der Waals surface area contributed by atoms with Crippen LogP contribution in [0.1, 0.15) is 22.5 Å². The Hall–Kier alpha value is -2.99. The predicted molar refractivity (Wildman–Crippen MR) is 127 cm³/mol. The Balaban J connectivity index is 1.36. The molecule has 0 saturated heterocycles. The second-order valence-electron chi connectivity index (χ2n) is 7.87. The summed E-state index contributed by atoms with van der Waals surface area (Å²) >= 11 is 6.30. The van der Waals surface area contributed by atoms with E-state index in [4.69, 9.17) is 16.3 Å². The number of nitro benzene ring substituents is 1. The third kappa shape index (κ3) is 5.39. The highest BCUT2D eigenvalue weighted by atomic mass is 35.5. The van der Waals surface area contributed by atoms with Gasteiger partial charge in [-0.25, -0.2) is 13.1 Å². The smallest absolute Gasteiger partial charge is 0.269 e. The van der Waals surface area contributed by atoms with Gasteiger partial charge in [0.1, 0.15) is 4.90 Å². The number of aryl methyl sites for hydroxylation is 1. The van der Waals surface area contributed by atoms with Crippen LogP contribution < -0.4 is 10.0 Å². The second kappa shape index (κ2) is 10.1. The van der Waals surface area contributed by atoms with Crippen molar-refractivity contribution in [3.05, 3.63) is 80.1 Å². The van der Waals surface area contributed by atoms with E-state index in [1.807, 2.05) is 7.05 Å². The maximum absolute atomic E-state index is 12.9. The molecule has 0 aliphatic carbocycles. The van der Waals surface area contributed by atoms with Crippen molar-refractivity contribution in [1.82, 2.24) is 14.5 Å². The van der Waals surface area contributed by atoms with Gasteiger partial charge in [0, 0.05) is 49.1 Å². The molecule has 0 bridgehead atoms. The molecule has 0 fully saturated rings. The van der Waals surface area contributed by atoms with Gasteiger partial charge in [-0.1, -0.05) is 23.7 Å². The highest BCUT2D eigenvalue weighted by molar-refractivity contribution is 7.89. The largest absolute Gasteiger partial charge is 0.385 e. The van der Waals surface area contributed by atoms with E-state index in [0.29, 0.717) is 37.6 Å². The molecule has 3 aromatic rings. The molecule has 1 aromatic heterocycles. The van der Waals surface area contributed by atoms with Gasteiger partial charge in [0.05, 0.1) is 35.4 Å². The van der Waals surface area contributed by atoms with E-state index in [-0.39, 0.29) is 22.2 Å². The summed E-state index contributed by atoms with van der Waals surface area (Å²) in [6.45, 7) is 1.63. The van der Waals surface area contributed by atoms with Crippen molar-refractivity contribution in [2.24, 2.45) is 7.05 Å². The highest BCUT2D eigenvalue weighted by Crippen LogP contribution is 2.26. The number of rotatable bonds is 9. The van der Waals surface area contributed by atoms with Crippen molar-refractivity contribution in [2.75, 3.05) is 18.5 Å². The summed E-state index contributed by atoms with van der Waals surface area (Å²) < 4.78 is 35.6. The van der Waals surface area contributed by atoms with Crippen molar-refractivity contribution < 1.29 is 18.1 Å². The molecule has 1 aliphatic rings. The summed E-state index contributed by atoms with van der Waals surface area (Å²) in [6, 6.07) is 11.0. The summed E-state index contributed by atoms with van der Waals surface area (Å²) in [6.07, 6.45) is 1.38. The number of hydrogen-bond acceptors (Lipinski definition) is 7. The molecule has 180 valence electrons. The first-order valence-electron chi connectivity index (χ1n) is 10.6. The lowest BCUT2D eigenvalue weighted by atomic mass is 10.1. The normalized spacial score (nSPS) is 13.5. The van der Waals surface area contributed by atoms with E-state index in [9.17, 15) is 18.5 Å². The minimum absolute atomic E-state index is 0.0175. The lowest BCUT2D eigenvalue weighted by Crippen LogP contribution is -2.24. The van der Waals surface area contributed by atoms with Crippen LogP contribution in [0.25, 0.3) is 0 Å². The van der Waals surface area contributed by atoms with Gasteiger partial charge < -0.3 is 10.1 Å². The van der Waals surface area contributed by atoms with Crippen LogP contribution in [-0.2, 0) is 47.8 Å². The molecule has 12 heteroatoms. The standard InChI is InChI=1S/C22H24ClN5O5S/c1-27-21-9-11-33-14-18(21)20(26-27)13-25-34(31,32)22-7-4-16(12-19(22)23)24-10-8-15-2-5-17(6-3-15)28(29)30/h2-7,12,24-25H,8-11,13-14H2,1H3. The molecule has 2 heterocycles. The zero-order valence-corrected chi connectivity index (χ0v) is 20.0. The van der Waals surface area contributed by atoms with Crippen molar-refractivity contribution in [1.29, 1.82) is 0 Å². The molecule has 0 unspecified atom stereocenters. The fourth-order valence-corrected chi connectivity index (χ4v) is 5.36. The van der Waals surface area contributed by atoms with Gasteiger partial charge in [-0.05, 0) is 30.2 Å². The summed E-state index contributed by atoms with van der Waals surface area (Å²) in [5.74, 6) is 0. The van der Waals surface area contributed by atoms with Gasteiger partial charge >= 0.3 is 0 Å². The van der Waals surface area contributed by atoms with Crippen LogP contribution in [-0.4, -0.2) is 36.3 Å². The summed E-state index contributed by atoms with van der Waals surface area (Å²) in [5.41, 5.74) is 4.28.